The molecule has 0 atom stereocenters. The summed E-state index contributed by atoms with van der Waals surface area (Å²) in [6.07, 6.45) is 4.06. The Morgan fingerprint density at radius 3 is 2.91 bits per heavy atom. The van der Waals surface area contributed by atoms with Crippen LogP contribution in [-0.2, 0) is 22.5 Å². The minimum absolute atomic E-state index is 0.0676. The van der Waals surface area contributed by atoms with E-state index >= 15 is 0 Å². The number of unbranched alkanes of at least 4 members (excludes halogenated alkanes) is 1. The van der Waals surface area contributed by atoms with Gasteiger partial charge in [0.25, 0.3) is 0 Å². The summed E-state index contributed by atoms with van der Waals surface area (Å²) in [7, 11) is 1.52. The minimum atomic E-state index is -0.0676. The van der Waals surface area contributed by atoms with E-state index in [-0.39, 0.29) is 12.5 Å². The Balaban J connectivity index is 1.98. The summed E-state index contributed by atoms with van der Waals surface area (Å²) in [6.45, 7) is 3.97. The monoisotopic (exact) mass is 303 g/mol. The molecule has 1 N–H and O–H groups in total. The zero-order valence-corrected chi connectivity index (χ0v) is 13.5. The Bertz CT molecular complexity index is 607. The first-order chi connectivity index (χ1) is 10.8. The molecule has 5 heteroatoms. The summed E-state index contributed by atoms with van der Waals surface area (Å²) in [5, 5.41) is 2.85. The van der Waals surface area contributed by atoms with Crippen molar-refractivity contribution in [3.63, 3.8) is 0 Å². The van der Waals surface area contributed by atoms with Crippen LogP contribution in [-0.4, -0.2) is 35.7 Å². The number of fused-ring (bicyclic) bond motifs is 1. The number of aryl methyl sites for hydroxylation is 2. The Kier molecular flexibility index (Phi) is 6.40. The number of nitrogens with one attached hydrogen (secondary N) is 1. The quantitative estimate of drug-likeness (QED) is 0.724. The van der Waals surface area contributed by atoms with E-state index in [1.165, 1.54) is 19.0 Å². The summed E-state index contributed by atoms with van der Waals surface area (Å²) in [6, 6.07) is 8.26. The van der Waals surface area contributed by atoms with Crippen LogP contribution in [0.15, 0.2) is 24.3 Å². The predicted molar refractivity (Wildman–Crippen MR) is 87.8 cm³/mol. The van der Waals surface area contributed by atoms with E-state index in [1.807, 2.05) is 6.07 Å². The van der Waals surface area contributed by atoms with Gasteiger partial charge in [0.2, 0.25) is 5.91 Å². The fourth-order valence-electron chi connectivity index (χ4n) is 2.54. The maximum atomic E-state index is 11.3. The number of rotatable bonds is 9. The molecule has 0 aliphatic rings. The molecule has 0 bridgehead atoms. The number of methoxy groups -OCH3 is 1. The van der Waals surface area contributed by atoms with Crippen LogP contribution in [0.1, 0.15) is 32.0 Å². The number of hydrogen-bond donors (Lipinski definition) is 1. The van der Waals surface area contributed by atoms with Crippen molar-refractivity contribution in [2.45, 2.75) is 39.2 Å². The molecule has 22 heavy (non-hydrogen) atoms. The minimum Gasteiger partial charge on any atom is -0.375 e. The average molecular weight is 303 g/mol. The molecule has 0 unspecified atom stereocenters. The van der Waals surface area contributed by atoms with Crippen LogP contribution in [0.25, 0.3) is 11.0 Å². The van der Waals surface area contributed by atoms with Gasteiger partial charge >= 0.3 is 0 Å². The first kappa shape index (κ1) is 16.5. The number of hydrogen-bond acceptors (Lipinski definition) is 3. The molecule has 5 nitrogen and oxygen atoms in total. The van der Waals surface area contributed by atoms with Gasteiger partial charge in [-0.05, 0) is 25.0 Å². The van der Waals surface area contributed by atoms with Crippen molar-refractivity contribution in [2.24, 2.45) is 0 Å². The van der Waals surface area contributed by atoms with Crippen molar-refractivity contribution < 1.29 is 9.53 Å². The van der Waals surface area contributed by atoms with Gasteiger partial charge in [-0.25, -0.2) is 4.98 Å². The Labute approximate surface area is 131 Å². The summed E-state index contributed by atoms with van der Waals surface area (Å²) >= 11 is 0. The molecule has 0 saturated heterocycles. The SMILES string of the molecule is CCCCn1c(CCCNC(=O)COC)nc2ccccc21. The molecule has 1 amide bonds. The number of carbonyl (C=O) groups excluding carboxylic acids is 1. The highest BCUT2D eigenvalue weighted by Gasteiger charge is 2.09. The Morgan fingerprint density at radius 2 is 2.14 bits per heavy atom. The van der Waals surface area contributed by atoms with Gasteiger partial charge < -0.3 is 14.6 Å². The molecule has 0 radical (unpaired) electrons. The van der Waals surface area contributed by atoms with Crippen molar-refractivity contribution in [3.8, 4) is 0 Å². The topological polar surface area (TPSA) is 56.2 Å². The van der Waals surface area contributed by atoms with Gasteiger partial charge in [0.1, 0.15) is 12.4 Å². The molecule has 1 aromatic carbocycles. The van der Waals surface area contributed by atoms with Crippen molar-refractivity contribution in [2.75, 3.05) is 20.3 Å². The number of benzene rings is 1. The van der Waals surface area contributed by atoms with Crippen LogP contribution in [0.4, 0.5) is 0 Å². The molecule has 120 valence electrons. The lowest BCUT2D eigenvalue weighted by molar-refractivity contribution is -0.124. The first-order valence-electron chi connectivity index (χ1n) is 7.96. The molecule has 0 fully saturated rings. The second-order valence-corrected chi connectivity index (χ2v) is 5.41. The standard InChI is InChI=1S/C17H25N3O2/c1-3-4-12-20-15-9-6-5-8-14(15)19-16(20)10-7-11-18-17(21)13-22-2/h5-6,8-9H,3-4,7,10-13H2,1-2H3,(H,18,21). The molecule has 0 spiro atoms. The molecule has 1 aromatic heterocycles. The molecule has 1 heterocycles. The highest BCUT2D eigenvalue weighted by Crippen LogP contribution is 2.17. The summed E-state index contributed by atoms with van der Waals surface area (Å²) in [4.78, 5) is 16.1. The van der Waals surface area contributed by atoms with Crippen molar-refractivity contribution in [1.29, 1.82) is 0 Å². The Hall–Kier alpha value is -1.88. The summed E-state index contributed by atoms with van der Waals surface area (Å²) in [5.41, 5.74) is 2.26. The van der Waals surface area contributed by atoms with Crippen LogP contribution in [0.2, 0.25) is 0 Å². The zero-order chi connectivity index (χ0) is 15.8. The third-order valence-electron chi connectivity index (χ3n) is 3.64. The normalized spacial score (nSPS) is 11.0. The van der Waals surface area contributed by atoms with Gasteiger partial charge in [0.05, 0.1) is 11.0 Å². The predicted octanol–water partition coefficient (Wildman–Crippen LogP) is 2.53. The van der Waals surface area contributed by atoms with Gasteiger partial charge in [0, 0.05) is 26.6 Å². The van der Waals surface area contributed by atoms with Crippen LogP contribution in [0.3, 0.4) is 0 Å². The highest BCUT2D eigenvalue weighted by atomic mass is 16.5. The number of nitrogens with zero attached hydrogens (tertiary/aromatic N) is 2. The van der Waals surface area contributed by atoms with Crippen LogP contribution >= 0.6 is 0 Å². The maximum absolute atomic E-state index is 11.3. The third kappa shape index (κ3) is 4.31. The lowest BCUT2D eigenvalue weighted by Crippen LogP contribution is -2.28. The van der Waals surface area contributed by atoms with Crippen molar-refractivity contribution in [1.82, 2.24) is 14.9 Å². The second-order valence-electron chi connectivity index (χ2n) is 5.41. The molecule has 0 aliphatic carbocycles. The number of carbonyl (C=O) groups is 1. The van der Waals surface area contributed by atoms with Crippen molar-refractivity contribution in [3.05, 3.63) is 30.1 Å². The molecule has 2 aromatic rings. The van der Waals surface area contributed by atoms with E-state index in [2.05, 4.69) is 35.0 Å². The largest absolute Gasteiger partial charge is 0.375 e. The third-order valence-corrected chi connectivity index (χ3v) is 3.64. The number of aromatic nitrogens is 2. The van der Waals surface area contributed by atoms with Gasteiger partial charge in [-0.1, -0.05) is 25.5 Å². The maximum Gasteiger partial charge on any atom is 0.245 e. The van der Waals surface area contributed by atoms with E-state index in [9.17, 15) is 4.79 Å². The van der Waals surface area contributed by atoms with Gasteiger partial charge in [-0.15, -0.1) is 0 Å². The molecular weight excluding hydrogens is 278 g/mol. The summed E-state index contributed by atoms with van der Waals surface area (Å²) < 4.78 is 7.11. The zero-order valence-electron chi connectivity index (χ0n) is 13.5. The van der Waals surface area contributed by atoms with Gasteiger partial charge in [0.15, 0.2) is 0 Å². The molecule has 0 saturated carbocycles. The first-order valence-corrected chi connectivity index (χ1v) is 7.96. The van der Waals surface area contributed by atoms with E-state index in [0.717, 1.165) is 37.1 Å². The fraction of sp³-hybridized carbons (Fsp3) is 0.529. The number of amides is 1. The van der Waals surface area contributed by atoms with E-state index < -0.39 is 0 Å². The molecule has 2 rings (SSSR count). The van der Waals surface area contributed by atoms with E-state index in [0.29, 0.717) is 6.54 Å². The molecule has 0 aliphatic heterocycles. The average Bonchev–Trinajstić information content (AvgIpc) is 2.87. The Morgan fingerprint density at radius 1 is 1.32 bits per heavy atom. The fourth-order valence-corrected chi connectivity index (χ4v) is 2.54. The summed E-state index contributed by atoms with van der Waals surface area (Å²) in [5.74, 6) is 1.04. The smallest absolute Gasteiger partial charge is 0.245 e. The number of ether oxygens (including phenoxy) is 1. The second kappa shape index (κ2) is 8.54. The highest BCUT2D eigenvalue weighted by molar-refractivity contribution is 5.77. The van der Waals surface area contributed by atoms with Crippen LogP contribution < -0.4 is 5.32 Å². The lowest BCUT2D eigenvalue weighted by Gasteiger charge is -2.09. The van der Waals surface area contributed by atoms with Crippen LogP contribution in [0, 0.1) is 0 Å². The van der Waals surface area contributed by atoms with E-state index in [1.54, 1.807) is 0 Å². The van der Waals surface area contributed by atoms with Gasteiger partial charge in [-0.3, -0.25) is 4.79 Å². The lowest BCUT2D eigenvalue weighted by atomic mass is 10.2. The van der Waals surface area contributed by atoms with E-state index in [4.69, 9.17) is 9.72 Å². The number of imidazole rings is 1. The number of para-hydroxylation sites is 2. The van der Waals surface area contributed by atoms with Crippen molar-refractivity contribution >= 4 is 16.9 Å². The molecular formula is C17H25N3O2. The van der Waals surface area contributed by atoms with Crippen LogP contribution in [0.5, 0.6) is 0 Å². The van der Waals surface area contributed by atoms with Gasteiger partial charge in [-0.2, -0.15) is 0 Å².